The lowest BCUT2D eigenvalue weighted by Gasteiger charge is -2.15. The fraction of sp³-hybridized carbons (Fsp3) is 0.0938. The number of ether oxygens (including phenoxy) is 2. The lowest BCUT2D eigenvalue weighted by atomic mass is 10.2. The van der Waals surface area contributed by atoms with E-state index in [-0.39, 0.29) is 23.8 Å². The van der Waals surface area contributed by atoms with Crippen LogP contribution in [0.3, 0.4) is 0 Å². The molecule has 0 unspecified atom stereocenters. The fourth-order valence-corrected chi connectivity index (χ4v) is 5.65. The average molecular weight is 738 g/mol. The van der Waals surface area contributed by atoms with Crippen molar-refractivity contribution in [2.45, 2.75) is 13.5 Å². The molecule has 0 saturated carbocycles. The number of para-hydroxylation sites is 1. The molecule has 0 fully saturated rings. The summed E-state index contributed by atoms with van der Waals surface area (Å²) in [5.74, 6) is 1.41. The van der Waals surface area contributed by atoms with Crippen molar-refractivity contribution in [1.29, 1.82) is 0 Å². The molecule has 2 aromatic heterocycles. The molecule has 0 saturated heterocycles. The van der Waals surface area contributed by atoms with Gasteiger partial charge in [0.2, 0.25) is 5.82 Å². The molecular weight excluding hydrogens is 716 g/mol. The highest BCUT2D eigenvalue weighted by molar-refractivity contribution is 14.1. The summed E-state index contributed by atoms with van der Waals surface area (Å²) in [6.45, 7) is 2.46. The third-order valence-corrected chi connectivity index (χ3v) is 7.67. The smallest absolute Gasteiger partial charge is 0.282 e. The Morgan fingerprint density at radius 1 is 1.05 bits per heavy atom. The van der Waals surface area contributed by atoms with Gasteiger partial charge in [0.15, 0.2) is 17.3 Å². The number of halogens is 3. The van der Waals surface area contributed by atoms with Crippen LogP contribution < -0.4 is 15.0 Å². The first-order valence-corrected chi connectivity index (χ1v) is 14.9. The van der Waals surface area contributed by atoms with Crippen molar-refractivity contribution in [2.24, 2.45) is 5.10 Å². The first kappa shape index (κ1) is 28.1. The molecule has 0 radical (unpaired) electrons. The molecule has 0 aliphatic heterocycles. The van der Waals surface area contributed by atoms with Crippen LogP contribution in [0, 0.1) is 9.39 Å². The maximum Gasteiger partial charge on any atom is 0.282 e. The summed E-state index contributed by atoms with van der Waals surface area (Å²) in [6, 6.07) is 24.5. The molecule has 0 bridgehead atoms. The van der Waals surface area contributed by atoms with E-state index in [1.807, 2.05) is 43.3 Å². The number of hydrogen-bond donors (Lipinski definition) is 0. The number of rotatable bonds is 8. The van der Waals surface area contributed by atoms with Gasteiger partial charge >= 0.3 is 0 Å². The zero-order valence-corrected chi connectivity index (χ0v) is 25.9. The first-order chi connectivity index (χ1) is 20.4. The van der Waals surface area contributed by atoms with Gasteiger partial charge < -0.3 is 13.9 Å². The van der Waals surface area contributed by atoms with E-state index in [2.05, 4.69) is 43.6 Å². The Morgan fingerprint density at radius 2 is 1.90 bits per heavy atom. The Kier molecular flexibility index (Phi) is 8.07. The number of hydrogen-bond acceptors (Lipinski definition) is 6. The highest BCUT2D eigenvalue weighted by Crippen LogP contribution is 2.35. The van der Waals surface area contributed by atoms with Crippen molar-refractivity contribution in [3.05, 3.63) is 120 Å². The summed E-state index contributed by atoms with van der Waals surface area (Å²) >= 11 is 5.65. The quantitative estimate of drug-likeness (QED) is 0.116. The molecule has 6 aromatic rings. The second kappa shape index (κ2) is 12.1. The number of furan rings is 1. The minimum Gasteiger partial charge on any atom is -0.490 e. The van der Waals surface area contributed by atoms with Crippen LogP contribution in [-0.2, 0) is 6.61 Å². The minimum absolute atomic E-state index is 0.177. The summed E-state index contributed by atoms with van der Waals surface area (Å²) in [7, 11) is 0. The zero-order chi connectivity index (χ0) is 29.2. The van der Waals surface area contributed by atoms with Gasteiger partial charge in [0.25, 0.3) is 5.56 Å². The molecule has 7 nitrogen and oxygen atoms in total. The van der Waals surface area contributed by atoms with Gasteiger partial charge in [0.1, 0.15) is 18.0 Å². The molecule has 6 rings (SSSR count). The fourth-order valence-electron chi connectivity index (χ4n) is 4.49. The molecule has 10 heteroatoms. The Hall–Kier alpha value is -4.03. The van der Waals surface area contributed by atoms with Gasteiger partial charge in [0.05, 0.1) is 27.3 Å². The van der Waals surface area contributed by atoms with Crippen LogP contribution in [0.5, 0.6) is 11.5 Å². The molecule has 0 aliphatic carbocycles. The van der Waals surface area contributed by atoms with Crippen LogP contribution >= 0.6 is 38.5 Å². The largest absolute Gasteiger partial charge is 0.490 e. The van der Waals surface area contributed by atoms with E-state index in [9.17, 15) is 9.18 Å². The lowest BCUT2D eigenvalue weighted by molar-refractivity contribution is 0.267. The number of fused-ring (bicyclic) bond motifs is 2. The molecule has 210 valence electrons. The molecule has 0 spiro atoms. The van der Waals surface area contributed by atoms with Gasteiger partial charge in [-0.2, -0.15) is 9.78 Å². The summed E-state index contributed by atoms with van der Waals surface area (Å²) in [5.41, 5.74) is 2.26. The highest BCUT2D eigenvalue weighted by Gasteiger charge is 2.17. The molecule has 2 heterocycles. The van der Waals surface area contributed by atoms with Gasteiger partial charge in [0, 0.05) is 9.86 Å². The Morgan fingerprint density at radius 3 is 2.74 bits per heavy atom. The van der Waals surface area contributed by atoms with E-state index < -0.39 is 0 Å². The predicted molar refractivity (Wildman–Crippen MR) is 173 cm³/mol. The first-order valence-electron chi connectivity index (χ1n) is 13.0. The molecule has 0 atom stereocenters. The second-order valence-corrected chi connectivity index (χ2v) is 11.4. The van der Waals surface area contributed by atoms with E-state index >= 15 is 0 Å². The normalized spacial score (nSPS) is 11.5. The van der Waals surface area contributed by atoms with Gasteiger partial charge in [-0.1, -0.05) is 40.2 Å². The van der Waals surface area contributed by atoms with Crippen molar-refractivity contribution in [1.82, 2.24) is 9.66 Å². The monoisotopic (exact) mass is 737 g/mol. The predicted octanol–water partition coefficient (Wildman–Crippen LogP) is 8.18. The maximum absolute atomic E-state index is 13.6. The highest BCUT2D eigenvalue weighted by atomic mass is 127. The minimum atomic E-state index is -0.330. The summed E-state index contributed by atoms with van der Waals surface area (Å²) < 4.78 is 34.6. The third kappa shape index (κ3) is 5.82. The van der Waals surface area contributed by atoms with Crippen molar-refractivity contribution >= 4 is 66.6 Å². The van der Waals surface area contributed by atoms with Crippen molar-refractivity contribution in [3.8, 4) is 23.1 Å². The number of benzene rings is 4. The van der Waals surface area contributed by atoms with Crippen LogP contribution in [0.2, 0.25) is 0 Å². The zero-order valence-electron chi connectivity index (χ0n) is 22.2. The third-order valence-electron chi connectivity index (χ3n) is 6.38. The molecule has 42 heavy (non-hydrogen) atoms. The molecule has 0 aliphatic rings. The number of nitrogens with zero attached hydrogens (tertiary/aromatic N) is 3. The van der Waals surface area contributed by atoms with Crippen molar-refractivity contribution < 1.29 is 18.3 Å². The van der Waals surface area contributed by atoms with Crippen LogP contribution in [0.4, 0.5) is 4.39 Å². The van der Waals surface area contributed by atoms with Crippen LogP contribution in [0.15, 0.2) is 104 Å². The standard InChI is InChI=1S/C32H22BrFIN3O4/c1-2-40-28-14-20(13-25(35)30(28)41-18-19-6-5-7-23(34)12-19)17-36-38-31(37-26-9-4-3-8-24(26)32(38)39)29-16-21-15-22(33)10-11-27(21)42-29/h3-17H,2,18H2,1H3. The number of aromatic nitrogens is 2. The second-order valence-electron chi connectivity index (χ2n) is 9.29. The van der Waals surface area contributed by atoms with Crippen LogP contribution in [-0.4, -0.2) is 22.5 Å². The molecule has 4 aromatic carbocycles. The molecule has 0 amide bonds. The summed E-state index contributed by atoms with van der Waals surface area (Å²) in [6.07, 6.45) is 1.57. The molecule has 0 N–H and O–H groups in total. The van der Waals surface area contributed by atoms with Crippen molar-refractivity contribution in [3.63, 3.8) is 0 Å². The van der Waals surface area contributed by atoms with E-state index in [1.54, 1.807) is 42.6 Å². The van der Waals surface area contributed by atoms with Crippen molar-refractivity contribution in [2.75, 3.05) is 6.61 Å². The van der Waals surface area contributed by atoms with E-state index in [1.165, 1.54) is 16.8 Å². The van der Waals surface area contributed by atoms with E-state index in [4.69, 9.17) is 18.9 Å². The SMILES string of the molecule is CCOc1cc(C=Nn2c(-c3cc4cc(Br)ccc4o3)nc3ccccc3c2=O)cc(I)c1OCc1cccc(F)c1. The Bertz CT molecular complexity index is 2040. The maximum atomic E-state index is 13.6. The summed E-state index contributed by atoms with van der Waals surface area (Å²) in [5, 5.41) is 5.87. The van der Waals surface area contributed by atoms with Crippen LogP contribution in [0.25, 0.3) is 33.5 Å². The topological polar surface area (TPSA) is 78.9 Å². The van der Waals surface area contributed by atoms with Gasteiger partial charge in [-0.25, -0.2) is 9.37 Å². The van der Waals surface area contributed by atoms with E-state index in [0.717, 1.165) is 13.4 Å². The van der Waals surface area contributed by atoms with Gasteiger partial charge in [-0.05, 0) is 101 Å². The molecular formula is C32H22BrFIN3O4. The van der Waals surface area contributed by atoms with Gasteiger partial charge in [-0.15, -0.1) is 0 Å². The van der Waals surface area contributed by atoms with Gasteiger partial charge in [-0.3, -0.25) is 4.79 Å². The summed E-state index contributed by atoms with van der Waals surface area (Å²) in [4.78, 5) is 18.4. The average Bonchev–Trinajstić information content (AvgIpc) is 3.39. The van der Waals surface area contributed by atoms with E-state index in [0.29, 0.717) is 51.5 Å². The Labute approximate surface area is 261 Å². The van der Waals surface area contributed by atoms with Crippen LogP contribution in [0.1, 0.15) is 18.1 Å². The Balaban J connectivity index is 1.40. The lowest BCUT2D eigenvalue weighted by Crippen LogP contribution is -2.20.